The van der Waals surface area contributed by atoms with Crippen LogP contribution in [0.4, 0.5) is 0 Å². The normalized spacial score (nSPS) is 30.4. The van der Waals surface area contributed by atoms with Gasteiger partial charge in [0, 0.05) is 19.6 Å². The summed E-state index contributed by atoms with van der Waals surface area (Å²) in [6, 6.07) is 10.9. The second-order valence-corrected chi connectivity index (χ2v) is 5.93. The molecule has 0 aliphatic carbocycles. The molecule has 0 N–H and O–H groups in total. The first kappa shape index (κ1) is 11.2. The molecule has 2 nitrogen and oxygen atoms in total. The number of hydrogen-bond acceptors (Lipinski definition) is 2. The van der Waals surface area contributed by atoms with Crippen molar-refractivity contribution in [2.75, 3.05) is 33.2 Å². The number of likely N-dealkylation sites (tertiary alicyclic amines) is 2. The zero-order valence-electron chi connectivity index (χ0n) is 10.7. The highest BCUT2D eigenvalue weighted by Crippen LogP contribution is 2.39. The first-order chi connectivity index (χ1) is 8.26. The van der Waals surface area contributed by atoms with Gasteiger partial charge in [-0.3, -0.25) is 4.90 Å². The number of rotatable bonds is 2. The van der Waals surface area contributed by atoms with Gasteiger partial charge < -0.3 is 4.90 Å². The molecule has 0 saturated carbocycles. The lowest BCUT2D eigenvalue weighted by molar-refractivity contribution is 0.250. The lowest BCUT2D eigenvalue weighted by Crippen LogP contribution is -2.29. The minimum absolute atomic E-state index is 0.615. The monoisotopic (exact) mass is 230 g/mol. The Morgan fingerprint density at radius 3 is 2.53 bits per heavy atom. The summed E-state index contributed by atoms with van der Waals surface area (Å²) < 4.78 is 0. The van der Waals surface area contributed by atoms with Gasteiger partial charge in [0.1, 0.15) is 0 Å². The maximum atomic E-state index is 2.63. The van der Waals surface area contributed by atoms with Gasteiger partial charge in [-0.25, -0.2) is 0 Å². The summed E-state index contributed by atoms with van der Waals surface area (Å²) in [5.74, 6) is 0. The van der Waals surface area contributed by atoms with Crippen molar-refractivity contribution in [3.63, 3.8) is 0 Å². The number of hydrogen-bond donors (Lipinski definition) is 0. The van der Waals surface area contributed by atoms with Crippen molar-refractivity contribution in [2.45, 2.75) is 19.4 Å². The molecule has 2 heterocycles. The van der Waals surface area contributed by atoms with Gasteiger partial charge in [-0.05, 0) is 44.0 Å². The van der Waals surface area contributed by atoms with E-state index in [1.54, 1.807) is 0 Å². The summed E-state index contributed by atoms with van der Waals surface area (Å²) in [4.78, 5) is 5.13. The summed E-state index contributed by atoms with van der Waals surface area (Å²) in [6.45, 7) is 6.30. The van der Waals surface area contributed by atoms with Crippen molar-refractivity contribution in [3.05, 3.63) is 35.9 Å². The predicted octanol–water partition coefficient (Wildman–Crippen LogP) is 2.21. The number of benzene rings is 1. The van der Waals surface area contributed by atoms with Crippen molar-refractivity contribution in [2.24, 2.45) is 5.41 Å². The van der Waals surface area contributed by atoms with Crippen LogP contribution in [0.3, 0.4) is 0 Å². The van der Waals surface area contributed by atoms with Crippen LogP contribution in [0, 0.1) is 5.41 Å². The Kier molecular flexibility index (Phi) is 2.93. The lowest BCUT2D eigenvalue weighted by atomic mass is 9.86. The fourth-order valence-electron chi connectivity index (χ4n) is 3.50. The zero-order valence-corrected chi connectivity index (χ0v) is 10.7. The molecule has 2 heteroatoms. The van der Waals surface area contributed by atoms with Gasteiger partial charge in [-0.2, -0.15) is 0 Å². The van der Waals surface area contributed by atoms with Crippen molar-refractivity contribution >= 4 is 0 Å². The first-order valence-corrected chi connectivity index (χ1v) is 6.71. The van der Waals surface area contributed by atoms with E-state index < -0.39 is 0 Å². The summed E-state index contributed by atoms with van der Waals surface area (Å²) in [5.41, 5.74) is 2.07. The minimum atomic E-state index is 0.615. The maximum absolute atomic E-state index is 2.63. The van der Waals surface area contributed by atoms with Gasteiger partial charge in [0.05, 0.1) is 0 Å². The van der Waals surface area contributed by atoms with Gasteiger partial charge in [0.15, 0.2) is 0 Å². The lowest BCUT2D eigenvalue weighted by Gasteiger charge is -2.23. The molecular formula is C15H22N2. The highest BCUT2D eigenvalue weighted by molar-refractivity contribution is 5.15. The van der Waals surface area contributed by atoms with E-state index in [9.17, 15) is 0 Å². The molecule has 1 unspecified atom stereocenters. The average molecular weight is 230 g/mol. The Morgan fingerprint density at radius 2 is 1.82 bits per heavy atom. The summed E-state index contributed by atoms with van der Waals surface area (Å²) in [7, 11) is 2.26. The third kappa shape index (κ3) is 2.38. The van der Waals surface area contributed by atoms with Crippen LogP contribution in [0.5, 0.6) is 0 Å². The van der Waals surface area contributed by atoms with Gasteiger partial charge in [0.25, 0.3) is 0 Å². The van der Waals surface area contributed by atoms with Crippen LogP contribution in [0.2, 0.25) is 0 Å². The molecule has 2 saturated heterocycles. The third-order valence-electron chi connectivity index (χ3n) is 4.40. The smallest absolute Gasteiger partial charge is 0.0233 e. The van der Waals surface area contributed by atoms with Crippen LogP contribution >= 0.6 is 0 Å². The molecule has 0 aromatic heterocycles. The molecule has 0 radical (unpaired) electrons. The quantitative estimate of drug-likeness (QED) is 0.768. The molecule has 2 fully saturated rings. The van der Waals surface area contributed by atoms with Gasteiger partial charge >= 0.3 is 0 Å². The second kappa shape index (κ2) is 4.43. The van der Waals surface area contributed by atoms with Crippen LogP contribution in [-0.2, 0) is 6.54 Å². The van der Waals surface area contributed by atoms with Gasteiger partial charge in [-0.1, -0.05) is 30.3 Å². The molecule has 0 amide bonds. The van der Waals surface area contributed by atoms with Crippen LogP contribution in [-0.4, -0.2) is 43.0 Å². The SMILES string of the molecule is CN1CCC2(CCN(Cc3ccccc3)C2)C1. The summed E-state index contributed by atoms with van der Waals surface area (Å²) in [5, 5.41) is 0. The topological polar surface area (TPSA) is 6.48 Å². The van der Waals surface area contributed by atoms with E-state index in [0.29, 0.717) is 5.41 Å². The highest BCUT2D eigenvalue weighted by Gasteiger charge is 2.41. The number of nitrogens with zero attached hydrogens (tertiary/aromatic N) is 2. The standard InChI is InChI=1S/C15H22N2/c1-16-9-7-15(12-16)8-10-17(13-15)11-14-5-3-2-4-6-14/h2-6H,7-13H2,1H3. The zero-order chi connectivity index (χ0) is 11.7. The van der Waals surface area contributed by atoms with Crippen molar-refractivity contribution < 1.29 is 0 Å². The molecule has 17 heavy (non-hydrogen) atoms. The predicted molar refractivity (Wildman–Crippen MR) is 70.9 cm³/mol. The fourth-order valence-corrected chi connectivity index (χ4v) is 3.50. The Labute approximate surface area is 104 Å². The van der Waals surface area contributed by atoms with Crippen molar-refractivity contribution in [1.82, 2.24) is 9.80 Å². The minimum Gasteiger partial charge on any atom is -0.306 e. The van der Waals surface area contributed by atoms with E-state index in [4.69, 9.17) is 0 Å². The van der Waals surface area contributed by atoms with Crippen molar-refractivity contribution in [1.29, 1.82) is 0 Å². The molecule has 1 aromatic carbocycles. The molecule has 2 aliphatic rings. The molecule has 2 aliphatic heterocycles. The third-order valence-corrected chi connectivity index (χ3v) is 4.40. The first-order valence-electron chi connectivity index (χ1n) is 6.71. The Balaban J connectivity index is 1.61. The molecule has 3 rings (SSSR count). The summed E-state index contributed by atoms with van der Waals surface area (Å²) >= 11 is 0. The van der Waals surface area contributed by atoms with Gasteiger partial charge in [-0.15, -0.1) is 0 Å². The van der Waals surface area contributed by atoms with E-state index in [0.717, 1.165) is 6.54 Å². The largest absolute Gasteiger partial charge is 0.306 e. The maximum Gasteiger partial charge on any atom is 0.0233 e. The van der Waals surface area contributed by atoms with E-state index in [2.05, 4.69) is 47.2 Å². The van der Waals surface area contributed by atoms with E-state index in [-0.39, 0.29) is 0 Å². The fraction of sp³-hybridized carbons (Fsp3) is 0.600. The average Bonchev–Trinajstić information content (AvgIpc) is 2.88. The molecule has 92 valence electrons. The van der Waals surface area contributed by atoms with Crippen LogP contribution < -0.4 is 0 Å². The molecule has 0 bridgehead atoms. The molecule has 1 spiro atoms. The molecular weight excluding hydrogens is 208 g/mol. The van der Waals surface area contributed by atoms with Crippen LogP contribution in [0.25, 0.3) is 0 Å². The van der Waals surface area contributed by atoms with E-state index >= 15 is 0 Å². The molecule has 1 aromatic rings. The molecule has 1 atom stereocenters. The highest BCUT2D eigenvalue weighted by atomic mass is 15.2. The van der Waals surface area contributed by atoms with E-state index in [1.807, 2.05) is 0 Å². The van der Waals surface area contributed by atoms with E-state index in [1.165, 1.54) is 44.6 Å². The second-order valence-electron chi connectivity index (χ2n) is 5.93. The Bertz CT molecular complexity index is 376. The Morgan fingerprint density at radius 1 is 1.06 bits per heavy atom. The van der Waals surface area contributed by atoms with Crippen molar-refractivity contribution in [3.8, 4) is 0 Å². The Hall–Kier alpha value is -0.860. The summed E-state index contributed by atoms with van der Waals surface area (Å²) in [6.07, 6.45) is 2.79. The van der Waals surface area contributed by atoms with Crippen LogP contribution in [0.15, 0.2) is 30.3 Å². The van der Waals surface area contributed by atoms with Crippen LogP contribution in [0.1, 0.15) is 18.4 Å². The van der Waals surface area contributed by atoms with Gasteiger partial charge in [0.2, 0.25) is 0 Å².